The summed E-state index contributed by atoms with van der Waals surface area (Å²) in [6.45, 7) is 7.43. The molecule has 1 aromatic carbocycles. The van der Waals surface area contributed by atoms with Crippen molar-refractivity contribution in [2.24, 2.45) is 0 Å². The topological polar surface area (TPSA) is 93.7 Å². The van der Waals surface area contributed by atoms with Crippen molar-refractivity contribution in [3.8, 4) is 17.7 Å². The maximum absolute atomic E-state index is 13.2. The molecule has 0 saturated carbocycles. The van der Waals surface area contributed by atoms with Crippen molar-refractivity contribution >= 4 is 17.7 Å². The molecule has 0 bridgehead atoms. The first-order valence-corrected chi connectivity index (χ1v) is 9.42. The van der Waals surface area contributed by atoms with Gasteiger partial charge in [0.2, 0.25) is 5.88 Å². The van der Waals surface area contributed by atoms with E-state index < -0.39 is 11.5 Å². The molecule has 7 nitrogen and oxygen atoms in total. The van der Waals surface area contributed by atoms with Gasteiger partial charge in [-0.15, -0.1) is 0 Å². The third-order valence-electron chi connectivity index (χ3n) is 4.72. The van der Waals surface area contributed by atoms with Crippen molar-refractivity contribution in [2.75, 3.05) is 6.61 Å². The van der Waals surface area contributed by atoms with Crippen molar-refractivity contribution in [1.29, 1.82) is 5.26 Å². The number of aromatic nitrogens is 2. The number of ether oxygens (including phenoxy) is 2. The molecule has 0 aliphatic heterocycles. The molecule has 0 aliphatic carbocycles. The highest BCUT2D eigenvalue weighted by molar-refractivity contribution is 5.98. The Hall–Kier alpha value is -3.92. The molecule has 0 unspecified atom stereocenters. The minimum Gasteiger partial charge on any atom is -0.462 e. The number of pyridine rings is 1. The maximum atomic E-state index is 13.2. The van der Waals surface area contributed by atoms with Crippen LogP contribution in [0, 0.1) is 32.1 Å². The Morgan fingerprint density at radius 1 is 1.20 bits per heavy atom. The lowest BCUT2D eigenvalue weighted by Crippen LogP contribution is -2.20. The number of rotatable bonds is 5. The highest BCUT2D eigenvalue weighted by Gasteiger charge is 2.19. The van der Waals surface area contributed by atoms with Crippen LogP contribution in [0.4, 0.5) is 0 Å². The summed E-state index contributed by atoms with van der Waals surface area (Å²) in [6.07, 6.45) is 2.75. The molecule has 152 valence electrons. The largest absolute Gasteiger partial charge is 0.462 e. The third-order valence-corrected chi connectivity index (χ3v) is 4.72. The van der Waals surface area contributed by atoms with E-state index in [1.165, 1.54) is 10.5 Å². The smallest absolute Gasteiger partial charge is 0.348 e. The highest BCUT2D eigenvalue weighted by Crippen LogP contribution is 2.28. The average Bonchev–Trinajstić information content (AvgIpc) is 2.72. The molecule has 3 rings (SSSR count). The van der Waals surface area contributed by atoms with E-state index in [0.29, 0.717) is 11.4 Å². The fraction of sp³-hybridized carbons (Fsp3) is 0.217. The second kappa shape index (κ2) is 8.62. The van der Waals surface area contributed by atoms with Gasteiger partial charge in [-0.05, 0) is 62.6 Å². The fourth-order valence-corrected chi connectivity index (χ4v) is 2.92. The Bertz CT molecular complexity index is 1270. The molecule has 0 radical (unpaired) electrons. The number of aryl methyl sites for hydroxylation is 2. The summed E-state index contributed by atoms with van der Waals surface area (Å²) in [7, 11) is 0. The number of hydrogen-bond donors (Lipinski definition) is 0. The van der Waals surface area contributed by atoms with Crippen molar-refractivity contribution < 1.29 is 14.3 Å². The summed E-state index contributed by atoms with van der Waals surface area (Å²) >= 11 is 0. The molecule has 0 spiro atoms. The summed E-state index contributed by atoms with van der Waals surface area (Å²) in [4.78, 5) is 29.8. The van der Waals surface area contributed by atoms with Gasteiger partial charge < -0.3 is 9.47 Å². The van der Waals surface area contributed by atoms with Gasteiger partial charge in [0.1, 0.15) is 28.6 Å². The molecule has 0 saturated heterocycles. The van der Waals surface area contributed by atoms with E-state index in [2.05, 4.69) is 4.98 Å². The molecular weight excluding hydrogens is 382 g/mol. The number of benzene rings is 1. The molecule has 0 fully saturated rings. The molecule has 30 heavy (non-hydrogen) atoms. The van der Waals surface area contributed by atoms with Crippen LogP contribution in [0.15, 0.2) is 46.9 Å². The van der Waals surface area contributed by atoms with Crippen LogP contribution in [0.25, 0.3) is 11.7 Å². The fourth-order valence-electron chi connectivity index (χ4n) is 2.92. The normalized spacial score (nSPS) is 11.2. The zero-order valence-corrected chi connectivity index (χ0v) is 17.2. The van der Waals surface area contributed by atoms with Crippen LogP contribution in [0.1, 0.15) is 29.2 Å². The summed E-state index contributed by atoms with van der Waals surface area (Å²) < 4.78 is 12.3. The van der Waals surface area contributed by atoms with E-state index in [4.69, 9.17) is 9.47 Å². The van der Waals surface area contributed by atoms with E-state index in [1.807, 2.05) is 39.0 Å². The molecule has 0 N–H and O–H groups in total. The van der Waals surface area contributed by atoms with Crippen LogP contribution < -0.4 is 10.3 Å². The Morgan fingerprint density at radius 2 is 1.93 bits per heavy atom. The first-order valence-electron chi connectivity index (χ1n) is 9.42. The van der Waals surface area contributed by atoms with Gasteiger partial charge in [-0.3, -0.25) is 9.20 Å². The van der Waals surface area contributed by atoms with Gasteiger partial charge in [0.25, 0.3) is 5.56 Å². The number of esters is 1. The first kappa shape index (κ1) is 20.8. The van der Waals surface area contributed by atoms with Gasteiger partial charge in [-0.1, -0.05) is 18.2 Å². The average molecular weight is 403 g/mol. The standard InChI is InChI=1S/C23H21N3O4/c1-5-29-23(28)17(13-24)12-18-21(30-19-10-6-8-14(2)16(19)4)25-20-15(3)9-7-11-26(20)22(18)27/h6-12H,5H2,1-4H3. The number of carbonyl (C=O) groups is 1. The zero-order valence-electron chi connectivity index (χ0n) is 17.2. The number of nitriles is 1. The van der Waals surface area contributed by atoms with E-state index in [9.17, 15) is 14.9 Å². The van der Waals surface area contributed by atoms with Gasteiger partial charge in [-0.2, -0.15) is 10.2 Å². The minimum atomic E-state index is -0.813. The second-order valence-corrected chi connectivity index (χ2v) is 6.71. The highest BCUT2D eigenvalue weighted by atomic mass is 16.5. The molecule has 0 atom stereocenters. The van der Waals surface area contributed by atoms with Crippen LogP contribution in [0.2, 0.25) is 0 Å². The van der Waals surface area contributed by atoms with Crippen molar-refractivity contribution in [3.63, 3.8) is 0 Å². The molecule has 2 aromatic heterocycles. The van der Waals surface area contributed by atoms with Gasteiger partial charge >= 0.3 is 5.97 Å². The van der Waals surface area contributed by atoms with E-state index >= 15 is 0 Å². The van der Waals surface area contributed by atoms with Gasteiger partial charge in [0, 0.05) is 6.20 Å². The molecule has 0 aliphatic rings. The number of carbonyl (C=O) groups excluding carboxylic acids is 1. The molecule has 0 amide bonds. The van der Waals surface area contributed by atoms with Gasteiger partial charge in [0.05, 0.1) is 6.61 Å². The first-order chi connectivity index (χ1) is 14.4. The molecule has 7 heteroatoms. The van der Waals surface area contributed by atoms with Crippen LogP contribution in [0.3, 0.4) is 0 Å². The maximum Gasteiger partial charge on any atom is 0.348 e. The van der Waals surface area contributed by atoms with E-state index in [-0.39, 0.29) is 23.6 Å². The Labute approximate surface area is 173 Å². The lowest BCUT2D eigenvalue weighted by molar-refractivity contribution is -0.137. The lowest BCUT2D eigenvalue weighted by atomic mass is 10.1. The number of fused-ring (bicyclic) bond motifs is 1. The van der Waals surface area contributed by atoms with Crippen LogP contribution in [-0.4, -0.2) is 22.0 Å². The predicted octanol–water partition coefficient (Wildman–Crippen LogP) is 3.88. The van der Waals surface area contributed by atoms with E-state index in [0.717, 1.165) is 16.7 Å². The Kier molecular flexibility index (Phi) is 5.98. The predicted molar refractivity (Wildman–Crippen MR) is 112 cm³/mol. The minimum absolute atomic E-state index is 0.0105. The zero-order chi connectivity index (χ0) is 21.8. The summed E-state index contributed by atoms with van der Waals surface area (Å²) in [5.74, 6) is -0.268. The lowest BCUT2D eigenvalue weighted by Gasteiger charge is -2.13. The van der Waals surface area contributed by atoms with Crippen LogP contribution in [0.5, 0.6) is 11.6 Å². The molecular formula is C23H21N3O4. The van der Waals surface area contributed by atoms with Crippen molar-refractivity contribution in [2.45, 2.75) is 27.7 Å². The summed E-state index contributed by atoms with van der Waals surface area (Å²) in [5, 5.41) is 9.40. The molecule has 3 aromatic rings. The SMILES string of the molecule is CCOC(=O)C(C#N)=Cc1c(Oc2cccc(C)c2C)nc2c(C)cccn2c1=O. The Balaban J connectivity index is 2.29. The third kappa shape index (κ3) is 3.94. The number of nitrogens with zero attached hydrogens (tertiary/aromatic N) is 3. The van der Waals surface area contributed by atoms with Crippen LogP contribution >= 0.6 is 0 Å². The quantitative estimate of drug-likeness (QED) is 0.365. The van der Waals surface area contributed by atoms with Crippen molar-refractivity contribution in [1.82, 2.24) is 9.38 Å². The monoisotopic (exact) mass is 403 g/mol. The van der Waals surface area contributed by atoms with Gasteiger partial charge in [0.15, 0.2) is 0 Å². The van der Waals surface area contributed by atoms with Crippen molar-refractivity contribution in [3.05, 3.63) is 74.7 Å². The summed E-state index contributed by atoms with van der Waals surface area (Å²) in [6, 6.07) is 10.9. The van der Waals surface area contributed by atoms with Gasteiger partial charge in [-0.25, -0.2) is 4.79 Å². The Morgan fingerprint density at radius 3 is 2.63 bits per heavy atom. The van der Waals surface area contributed by atoms with Crippen LogP contribution in [-0.2, 0) is 9.53 Å². The number of hydrogen-bond acceptors (Lipinski definition) is 6. The second-order valence-electron chi connectivity index (χ2n) is 6.71. The van der Waals surface area contributed by atoms with E-state index in [1.54, 1.807) is 31.3 Å². The summed E-state index contributed by atoms with van der Waals surface area (Å²) in [5.41, 5.74) is 2.34. The molecule has 2 heterocycles.